The van der Waals surface area contributed by atoms with E-state index in [4.69, 9.17) is 4.74 Å². The van der Waals surface area contributed by atoms with Crippen molar-refractivity contribution < 1.29 is 27.1 Å². The number of hydrogen-bond acceptors (Lipinski definition) is 5. The molecule has 0 heterocycles. The van der Waals surface area contributed by atoms with Crippen molar-refractivity contribution in [2.75, 3.05) is 13.2 Å². The molecule has 2 N–H and O–H groups in total. The summed E-state index contributed by atoms with van der Waals surface area (Å²) in [5.41, 5.74) is 1.32. The van der Waals surface area contributed by atoms with Crippen LogP contribution in [-0.2, 0) is 24.3 Å². The zero-order valence-corrected chi connectivity index (χ0v) is 18.1. The Balaban J connectivity index is 1.87. The molecule has 9 heteroatoms. The van der Waals surface area contributed by atoms with Gasteiger partial charge in [0.05, 0.1) is 0 Å². The summed E-state index contributed by atoms with van der Waals surface area (Å²) in [6.45, 7) is 3.18. The molecule has 0 aromatic heterocycles. The van der Waals surface area contributed by atoms with E-state index >= 15 is 0 Å². The fraction of sp³-hybridized carbons (Fsp3) is 0.524. The van der Waals surface area contributed by atoms with E-state index in [0.29, 0.717) is 6.54 Å². The number of rotatable bonds is 10. The fourth-order valence-electron chi connectivity index (χ4n) is 3.12. The third kappa shape index (κ3) is 7.21. The Kier molecular flexibility index (Phi) is 8.98. The van der Waals surface area contributed by atoms with Gasteiger partial charge in [-0.1, -0.05) is 37.6 Å². The lowest BCUT2D eigenvalue weighted by Gasteiger charge is -2.21. The Labute approximate surface area is 177 Å². The lowest BCUT2D eigenvalue weighted by Crippen LogP contribution is -2.46. The smallest absolute Gasteiger partial charge is 0.324 e. The van der Waals surface area contributed by atoms with Gasteiger partial charge in [-0.2, -0.15) is 4.72 Å². The minimum absolute atomic E-state index is 0.454. The van der Waals surface area contributed by atoms with Gasteiger partial charge < -0.3 is 10.1 Å². The molecule has 2 rings (SSSR count). The third-order valence-corrected chi connectivity index (χ3v) is 6.30. The summed E-state index contributed by atoms with van der Waals surface area (Å²) in [5.74, 6) is -2.75. The van der Waals surface area contributed by atoms with Gasteiger partial charge in [-0.25, -0.2) is 12.8 Å². The first kappa shape index (κ1) is 24.0. The Morgan fingerprint density at radius 3 is 2.57 bits per heavy atom. The molecular formula is C21H29FN2O5S. The van der Waals surface area contributed by atoms with Crippen LogP contribution in [0, 0.1) is 11.7 Å². The standard InChI is InChI=1S/C21H29FN2O5S/c1-15(2)20(24-30(27,28)18-11-7-6-10-17(18)22)21(26)29-14-19(25)23-13-12-16-8-4-3-5-9-16/h6-8,10-11,15,20,24H,3-5,9,12-14H2,1-2H3,(H,23,25)/t20-/m0/s1. The van der Waals surface area contributed by atoms with Gasteiger partial charge >= 0.3 is 5.97 Å². The molecule has 1 aromatic carbocycles. The Morgan fingerprint density at radius 1 is 1.20 bits per heavy atom. The molecule has 0 unspecified atom stereocenters. The average Bonchev–Trinajstić information content (AvgIpc) is 2.71. The predicted octanol–water partition coefficient (Wildman–Crippen LogP) is 2.68. The first-order chi connectivity index (χ1) is 14.2. The predicted molar refractivity (Wildman–Crippen MR) is 110 cm³/mol. The summed E-state index contributed by atoms with van der Waals surface area (Å²) >= 11 is 0. The molecule has 1 aliphatic carbocycles. The quantitative estimate of drug-likeness (QED) is 0.430. The van der Waals surface area contributed by atoms with Crippen molar-refractivity contribution in [2.24, 2.45) is 5.92 Å². The van der Waals surface area contributed by atoms with Gasteiger partial charge in [0.1, 0.15) is 16.8 Å². The maximum absolute atomic E-state index is 13.9. The molecule has 1 aromatic rings. The number of ether oxygens (including phenoxy) is 1. The lowest BCUT2D eigenvalue weighted by atomic mass is 9.97. The zero-order chi connectivity index (χ0) is 22.1. The SMILES string of the molecule is CC(C)[C@H](NS(=O)(=O)c1ccccc1F)C(=O)OCC(=O)NCCC1=CCCCC1. The second-order valence-corrected chi connectivity index (χ2v) is 9.27. The van der Waals surface area contributed by atoms with Crippen molar-refractivity contribution in [3.63, 3.8) is 0 Å². The van der Waals surface area contributed by atoms with Crippen LogP contribution >= 0.6 is 0 Å². The minimum Gasteiger partial charge on any atom is -0.454 e. The summed E-state index contributed by atoms with van der Waals surface area (Å²) in [6.07, 6.45) is 7.44. The third-order valence-electron chi connectivity index (χ3n) is 4.83. The number of sulfonamides is 1. The highest BCUT2D eigenvalue weighted by molar-refractivity contribution is 7.89. The van der Waals surface area contributed by atoms with Crippen LogP contribution in [0.25, 0.3) is 0 Å². The van der Waals surface area contributed by atoms with Crippen molar-refractivity contribution in [3.05, 3.63) is 41.7 Å². The second-order valence-electron chi connectivity index (χ2n) is 7.59. The van der Waals surface area contributed by atoms with Crippen molar-refractivity contribution in [1.82, 2.24) is 10.0 Å². The zero-order valence-electron chi connectivity index (χ0n) is 17.3. The van der Waals surface area contributed by atoms with E-state index in [1.165, 1.54) is 24.1 Å². The molecule has 0 saturated carbocycles. The number of benzene rings is 1. The van der Waals surface area contributed by atoms with Gasteiger partial charge in [-0.15, -0.1) is 0 Å². The van der Waals surface area contributed by atoms with E-state index < -0.39 is 51.2 Å². The fourth-order valence-corrected chi connectivity index (χ4v) is 4.53. The number of amides is 1. The summed E-state index contributed by atoms with van der Waals surface area (Å²) < 4.78 is 45.9. The molecule has 1 amide bonds. The number of allylic oxidation sites excluding steroid dienone is 1. The van der Waals surface area contributed by atoms with Crippen LogP contribution in [0.5, 0.6) is 0 Å². The van der Waals surface area contributed by atoms with Crippen LogP contribution in [-0.4, -0.2) is 39.5 Å². The second kappa shape index (κ2) is 11.2. The number of halogens is 1. The Bertz CT molecular complexity index is 883. The number of esters is 1. The Hall–Kier alpha value is -2.26. The molecule has 0 saturated heterocycles. The number of carbonyl (C=O) groups excluding carboxylic acids is 2. The van der Waals surface area contributed by atoms with E-state index in [2.05, 4.69) is 16.1 Å². The molecule has 30 heavy (non-hydrogen) atoms. The van der Waals surface area contributed by atoms with Gasteiger partial charge in [0.2, 0.25) is 10.0 Å². The molecule has 1 atom stereocenters. The van der Waals surface area contributed by atoms with Crippen LogP contribution in [0.1, 0.15) is 46.0 Å². The van der Waals surface area contributed by atoms with Gasteiger partial charge in [0.15, 0.2) is 6.61 Å². The minimum atomic E-state index is -4.28. The lowest BCUT2D eigenvalue weighted by molar-refractivity contribution is -0.151. The van der Waals surface area contributed by atoms with Gasteiger partial charge in [0, 0.05) is 6.54 Å². The van der Waals surface area contributed by atoms with E-state index in [-0.39, 0.29) is 0 Å². The molecule has 7 nitrogen and oxygen atoms in total. The first-order valence-corrected chi connectivity index (χ1v) is 11.6. The van der Waals surface area contributed by atoms with E-state index in [0.717, 1.165) is 37.8 Å². The summed E-state index contributed by atoms with van der Waals surface area (Å²) in [7, 11) is -4.28. The van der Waals surface area contributed by atoms with Crippen LogP contribution in [0.2, 0.25) is 0 Å². The van der Waals surface area contributed by atoms with Crippen LogP contribution in [0.3, 0.4) is 0 Å². The van der Waals surface area contributed by atoms with Crippen molar-refractivity contribution in [1.29, 1.82) is 0 Å². The Morgan fingerprint density at radius 2 is 1.93 bits per heavy atom. The van der Waals surface area contributed by atoms with E-state index in [9.17, 15) is 22.4 Å². The average molecular weight is 441 g/mol. The molecule has 1 aliphatic rings. The van der Waals surface area contributed by atoms with Gasteiger partial charge in [0.25, 0.3) is 5.91 Å². The van der Waals surface area contributed by atoms with Gasteiger partial charge in [-0.05, 0) is 50.2 Å². The van der Waals surface area contributed by atoms with Gasteiger partial charge in [-0.3, -0.25) is 9.59 Å². The largest absolute Gasteiger partial charge is 0.454 e. The summed E-state index contributed by atoms with van der Waals surface area (Å²) in [5, 5.41) is 2.69. The maximum atomic E-state index is 13.9. The molecule has 0 bridgehead atoms. The monoisotopic (exact) mass is 440 g/mol. The van der Waals surface area contributed by atoms with Crippen LogP contribution in [0.4, 0.5) is 4.39 Å². The van der Waals surface area contributed by atoms with Crippen molar-refractivity contribution in [2.45, 2.75) is 56.9 Å². The summed E-state index contributed by atoms with van der Waals surface area (Å²) in [6, 6.07) is 3.62. The van der Waals surface area contributed by atoms with Crippen molar-refractivity contribution in [3.8, 4) is 0 Å². The highest BCUT2D eigenvalue weighted by Crippen LogP contribution is 2.19. The first-order valence-electron chi connectivity index (χ1n) is 10.1. The van der Waals surface area contributed by atoms with Crippen LogP contribution in [0.15, 0.2) is 40.8 Å². The van der Waals surface area contributed by atoms with E-state index in [1.54, 1.807) is 13.8 Å². The summed E-state index contributed by atoms with van der Waals surface area (Å²) in [4.78, 5) is 23.8. The highest BCUT2D eigenvalue weighted by atomic mass is 32.2. The molecule has 166 valence electrons. The van der Waals surface area contributed by atoms with Crippen LogP contribution < -0.4 is 10.0 Å². The molecule has 0 radical (unpaired) electrons. The number of hydrogen-bond donors (Lipinski definition) is 2. The number of carbonyl (C=O) groups is 2. The van der Waals surface area contributed by atoms with E-state index in [1.807, 2.05) is 0 Å². The van der Waals surface area contributed by atoms with Crippen molar-refractivity contribution >= 4 is 21.9 Å². The highest BCUT2D eigenvalue weighted by Gasteiger charge is 2.31. The molecule has 0 spiro atoms. The normalized spacial score (nSPS) is 15.4. The molecule has 0 fully saturated rings. The number of nitrogens with one attached hydrogen (secondary N) is 2. The topological polar surface area (TPSA) is 102 Å². The maximum Gasteiger partial charge on any atom is 0.324 e. The molecule has 0 aliphatic heterocycles. The molecular weight excluding hydrogens is 411 g/mol.